The molecule has 0 aliphatic rings. The molecule has 0 saturated carbocycles. The van der Waals surface area contributed by atoms with Gasteiger partial charge in [-0.25, -0.2) is 4.39 Å². The summed E-state index contributed by atoms with van der Waals surface area (Å²) in [6, 6.07) is 5.93. The summed E-state index contributed by atoms with van der Waals surface area (Å²) in [6.07, 6.45) is 3.38. The summed E-state index contributed by atoms with van der Waals surface area (Å²) in [5.74, 6) is -0.464. The molecule has 0 spiro atoms. The molecule has 0 aliphatic carbocycles. The van der Waals surface area contributed by atoms with Gasteiger partial charge in [0.05, 0.1) is 34.3 Å². The van der Waals surface area contributed by atoms with Gasteiger partial charge in [-0.05, 0) is 54.4 Å². The number of hydrogen-bond acceptors (Lipinski definition) is 3. The van der Waals surface area contributed by atoms with Crippen LogP contribution in [0.3, 0.4) is 0 Å². The Bertz CT molecular complexity index is 949. The summed E-state index contributed by atoms with van der Waals surface area (Å²) in [4.78, 5) is 12.6. The molecule has 0 aliphatic heterocycles. The first-order chi connectivity index (χ1) is 12.3. The first-order valence-electron chi connectivity index (χ1n) is 8.14. The monoisotopic (exact) mass is 419 g/mol. The Kier molecular flexibility index (Phi) is 5.22. The second kappa shape index (κ2) is 7.41. The first kappa shape index (κ1) is 18.3. The van der Waals surface area contributed by atoms with Crippen LogP contribution in [0.4, 0.5) is 10.1 Å². The summed E-state index contributed by atoms with van der Waals surface area (Å²) in [5.41, 5.74) is 3.00. The second-order valence-corrected chi connectivity index (χ2v) is 7.05. The first-order valence-corrected chi connectivity index (χ1v) is 8.93. The summed E-state index contributed by atoms with van der Waals surface area (Å²) in [7, 11) is 0. The number of carbonyl (C=O) groups excluding carboxylic acids is 1. The minimum Gasteiger partial charge on any atom is -0.321 e. The lowest BCUT2D eigenvalue weighted by molar-refractivity contribution is -0.119. The number of amides is 1. The zero-order valence-electron chi connectivity index (χ0n) is 14.7. The van der Waals surface area contributed by atoms with Crippen LogP contribution in [0.2, 0.25) is 0 Å². The van der Waals surface area contributed by atoms with Crippen LogP contribution in [0.25, 0.3) is 0 Å². The number of nitrogens with one attached hydrogen (secondary N) is 1. The zero-order valence-corrected chi connectivity index (χ0v) is 16.3. The normalized spacial score (nSPS) is 12.2. The third-order valence-corrected chi connectivity index (χ3v) is 4.61. The van der Waals surface area contributed by atoms with Crippen LogP contribution < -0.4 is 5.32 Å². The number of aryl methyl sites for hydroxylation is 1. The number of rotatable bonds is 5. The van der Waals surface area contributed by atoms with E-state index in [1.165, 1.54) is 12.1 Å². The lowest BCUT2D eigenvalue weighted by Crippen LogP contribution is -2.24. The van der Waals surface area contributed by atoms with Gasteiger partial charge in [-0.1, -0.05) is 12.1 Å². The van der Waals surface area contributed by atoms with E-state index >= 15 is 0 Å². The van der Waals surface area contributed by atoms with Crippen LogP contribution in [-0.2, 0) is 11.3 Å². The molecule has 0 saturated heterocycles. The highest BCUT2D eigenvalue weighted by Gasteiger charge is 2.20. The molecule has 0 radical (unpaired) electrons. The summed E-state index contributed by atoms with van der Waals surface area (Å²) in [6.45, 7) is 5.92. The molecule has 1 amide bonds. The third kappa shape index (κ3) is 3.85. The van der Waals surface area contributed by atoms with Crippen molar-refractivity contribution in [2.45, 2.75) is 33.4 Å². The van der Waals surface area contributed by atoms with E-state index in [2.05, 4.69) is 31.4 Å². The van der Waals surface area contributed by atoms with E-state index in [-0.39, 0.29) is 11.7 Å². The number of halogens is 2. The minimum atomic E-state index is -0.466. The lowest BCUT2D eigenvalue weighted by Gasteiger charge is -2.13. The van der Waals surface area contributed by atoms with Gasteiger partial charge < -0.3 is 5.32 Å². The Morgan fingerprint density at radius 1 is 1.38 bits per heavy atom. The van der Waals surface area contributed by atoms with Crippen LogP contribution in [0.5, 0.6) is 0 Å². The molecule has 1 aromatic carbocycles. The molecule has 6 nitrogen and oxygen atoms in total. The average Bonchev–Trinajstić information content (AvgIpc) is 3.13. The standard InChI is InChI=1S/C18H19BrFN5O/c1-11-17(22-18(26)13(3)24-10-15(19)8-21-24)12(2)25(23-11)9-14-5-4-6-16(20)7-14/h4-8,10,13H,9H2,1-3H3,(H,22,26). The highest BCUT2D eigenvalue weighted by molar-refractivity contribution is 9.10. The average molecular weight is 420 g/mol. The van der Waals surface area contributed by atoms with Gasteiger partial charge in [-0.3, -0.25) is 14.2 Å². The lowest BCUT2D eigenvalue weighted by atomic mass is 10.2. The van der Waals surface area contributed by atoms with Crippen molar-refractivity contribution in [2.24, 2.45) is 0 Å². The van der Waals surface area contributed by atoms with Crippen molar-refractivity contribution in [3.8, 4) is 0 Å². The molecule has 136 valence electrons. The number of nitrogens with zero attached hydrogens (tertiary/aromatic N) is 4. The maximum Gasteiger partial charge on any atom is 0.249 e. The predicted octanol–water partition coefficient (Wildman–Crippen LogP) is 3.85. The Morgan fingerprint density at radius 3 is 2.81 bits per heavy atom. The van der Waals surface area contributed by atoms with Crippen LogP contribution >= 0.6 is 15.9 Å². The number of aromatic nitrogens is 4. The second-order valence-electron chi connectivity index (χ2n) is 6.14. The molecule has 3 aromatic rings. The third-order valence-electron chi connectivity index (χ3n) is 4.20. The highest BCUT2D eigenvalue weighted by Crippen LogP contribution is 2.22. The molecule has 1 atom stereocenters. The van der Waals surface area contributed by atoms with Gasteiger partial charge in [0.25, 0.3) is 0 Å². The van der Waals surface area contributed by atoms with Crippen molar-refractivity contribution in [2.75, 3.05) is 5.32 Å². The van der Waals surface area contributed by atoms with E-state index in [9.17, 15) is 9.18 Å². The molecule has 3 rings (SSSR count). The summed E-state index contributed by atoms with van der Waals surface area (Å²) >= 11 is 3.32. The predicted molar refractivity (Wildman–Crippen MR) is 100 cm³/mol. The Hall–Kier alpha value is -2.48. The van der Waals surface area contributed by atoms with Crippen molar-refractivity contribution in [3.05, 3.63) is 63.9 Å². The minimum absolute atomic E-state index is 0.183. The fourth-order valence-corrected chi connectivity index (χ4v) is 3.02. The van der Waals surface area contributed by atoms with E-state index < -0.39 is 6.04 Å². The molecule has 1 unspecified atom stereocenters. The van der Waals surface area contributed by atoms with Gasteiger partial charge in [0.15, 0.2) is 0 Å². The van der Waals surface area contributed by atoms with Crippen molar-refractivity contribution >= 4 is 27.5 Å². The number of hydrogen-bond donors (Lipinski definition) is 1. The molecule has 2 aromatic heterocycles. The van der Waals surface area contributed by atoms with Gasteiger partial charge in [0.1, 0.15) is 11.9 Å². The Balaban J connectivity index is 1.78. The topological polar surface area (TPSA) is 64.7 Å². The number of carbonyl (C=O) groups is 1. The van der Waals surface area contributed by atoms with Crippen molar-refractivity contribution in [1.29, 1.82) is 0 Å². The van der Waals surface area contributed by atoms with Crippen LogP contribution in [0, 0.1) is 19.7 Å². The van der Waals surface area contributed by atoms with Gasteiger partial charge >= 0.3 is 0 Å². The molecule has 1 N–H and O–H groups in total. The van der Waals surface area contributed by atoms with Gasteiger partial charge in [0, 0.05) is 6.20 Å². The van der Waals surface area contributed by atoms with E-state index in [4.69, 9.17) is 0 Å². The fourth-order valence-electron chi connectivity index (χ4n) is 2.71. The Labute approximate surface area is 159 Å². The fraction of sp³-hybridized carbons (Fsp3) is 0.278. The van der Waals surface area contributed by atoms with Crippen LogP contribution in [0.1, 0.15) is 29.9 Å². The molecule has 2 heterocycles. The van der Waals surface area contributed by atoms with Crippen LogP contribution in [-0.4, -0.2) is 25.5 Å². The van der Waals surface area contributed by atoms with Crippen LogP contribution in [0.15, 0.2) is 41.1 Å². The van der Waals surface area contributed by atoms with Crippen molar-refractivity contribution in [3.63, 3.8) is 0 Å². The summed E-state index contributed by atoms with van der Waals surface area (Å²) < 4.78 is 17.5. The molecule has 0 fully saturated rings. The molecule has 26 heavy (non-hydrogen) atoms. The smallest absolute Gasteiger partial charge is 0.249 e. The zero-order chi connectivity index (χ0) is 18.8. The van der Waals surface area contributed by atoms with E-state index in [0.717, 1.165) is 15.7 Å². The van der Waals surface area contributed by atoms with Gasteiger partial charge in [-0.15, -0.1) is 0 Å². The Morgan fingerprint density at radius 2 is 2.15 bits per heavy atom. The molecule has 8 heteroatoms. The van der Waals surface area contributed by atoms with E-state index in [1.54, 1.807) is 34.7 Å². The van der Waals surface area contributed by atoms with Gasteiger partial charge in [0.2, 0.25) is 5.91 Å². The summed E-state index contributed by atoms with van der Waals surface area (Å²) in [5, 5.41) is 11.6. The SMILES string of the molecule is Cc1nn(Cc2cccc(F)c2)c(C)c1NC(=O)C(C)n1cc(Br)cn1. The number of benzene rings is 1. The highest BCUT2D eigenvalue weighted by atomic mass is 79.9. The molecule has 0 bridgehead atoms. The van der Waals surface area contributed by atoms with Crippen molar-refractivity contribution < 1.29 is 9.18 Å². The largest absolute Gasteiger partial charge is 0.321 e. The quantitative estimate of drug-likeness (QED) is 0.682. The van der Waals surface area contributed by atoms with E-state index in [1.807, 2.05) is 19.9 Å². The maximum atomic E-state index is 13.4. The van der Waals surface area contributed by atoms with Crippen molar-refractivity contribution in [1.82, 2.24) is 19.6 Å². The van der Waals surface area contributed by atoms with E-state index in [0.29, 0.717) is 17.9 Å². The van der Waals surface area contributed by atoms with Gasteiger partial charge in [-0.2, -0.15) is 10.2 Å². The molecular formula is C18H19BrFN5O. The maximum absolute atomic E-state index is 13.4. The molecular weight excluding hydrogens is 401 g/mol. The number of anilines is 1.